The van der Waals surface area contributed by atoms with Crippen LogP contribution in [-0.2, 0) is 16.7 Å². The van der Waals surface area contributed by atoms with Crippen molar-refractivity contribution in [3.8, 4) is 0 Å². The number of amides is 1. The predicted molar refractivity (Wildman–Crippen MR) is 89.4 cm³/mol. The van der Waals surface area contributed by atoms with E-state index in [-0.39, 0.29) is 11.6 Å². The van der Waals surface area contributed by atoms with Crippen LogP contribution in [0.2, 0.25) is 0 Å². The van der Waals surface area contributed by atoms with Gasteiger partial charge in [0, 0.05) is 30.1 Å². The summed E-state index contributed by atoms with van der Waals surface area (Å²) < 4.78 is 5.53. The number of nitrogens with zero attached hydrogens (tertiary/aromatic N) is 1. The summed E-state index contributed by atoms with van der Waals surface area (Å²) in [6.07, 6.45) is 4.03. The van der Waals surface area contributed by atoms with Gasteiger partial charge in [-0.25, -0.2) is 4.79 Å². The maximum absolute atomic E-state index is 12.3. The molecule has 1 aromatic heterocycles. The van der Waals surface area contributed by atoms with Gasteiger partial charge in [-0.2, -0.15) is 0 Å². The van der Waals surface area contributed by atoms with Crippen LogP contribution >= 0.6 is 11.3 Å². The second-order valence-corrected chi connectivity index (χ2v) is 8.34. The summed E-state index contributed by atoms with van der Waals surface area (Å²) in [4.78, 5) is 15.7. The normalized spacial score (nSPS) is 25.7. The summed E-state index contributed by atoms with van der Waals surface area (Å²) in [6, 6.07) is 2.27. The van der Waals surface area contributed by atoms with Crippen molar-refractivity contribution in [3.05, 3.63) is 21.9 Å². The van der Waals surface area contributed by atoms with Gasteiger partial charge in [0.2, 0.25) is 0 Å². The number of likely N-dealkylation sites (tertiary alicyclic amines) is 1. The molecule has 0 bridgehead atoms. The van der Waals surface area contributed by atoms with E-state index in [1.165, 1.54) is 10.4 Å². The van der Waals surface area contributed by atoms with Crippen LogP contribution in [0.25, 0.3) is 0 Å². The Labute approximate surface area is 136 Å². The largest absolute Gasteiger partial charge is 0.444 e. The molecule has 3 rings (SSSR count). The quantitative estimate of drug-likeness (QED) is 0.795. The molecule has 0 saturated carbocycles. The topological polar surface area (TPSA) is 41.6 Å². The van der Waals surface area contributed by atoms with Crippen LogP contribution < -0.4 is 5.32 Å². The van der Waals surface area contributed by atoms with Crippen LogP contribution in [0.1, 0.15) is 50.5 Å². The number of hydrogen-bond acceptors (Lipinski definition) is 4. The number of hydrogen-bond donors (Lipinski definition) is 1. The smallest absolute Gasteiger partial charge is 0.410 e. The molecule has 1 unspecified atom stereocenters. The lowest BCUT2D eigenvalue weighted by atomic mass is 9.80. The van der Waals surface area contributed by atoms with Gasteiger partial charge < -0.3 is 15.0 Å². The number of rotatable bonds is 0. The summed E-state index contributed by atoms with van der Waals surface area (Å²) in [7, 11) is 0. The van der Waals surface area contributed by atoms with Crippen LogP contribution in [0.4, 0.5) is 4.79 Å². The van der Waals surface area contributed by atoms with Crippen molar-refractivity contribution in [2.24, 2.45) is 0 Å². The van der Waals surface area contributed by atoms with E-state index in [1.54, 1.807) is 0 Å². The average molecular weight is 322 g/mol. The highest BCUT2D eigenvalue weighted by Gasteiger charge is 2.39. The monoisotopic (exact) mass is 322 g/mol. The molecule has 4 nitrogen and oxygen atoms in total. The highest BCUT2D eigenvalue weighted by molar-refractivity contribution is 7.10. The van der Waals surface area contributed by atoms with Crippen molar-refractivity contribution in [2.45, 2.75) is 57.6 Å². The highest BCUT2D eigenvalue weighted by atomic mass is 32.1. The van der Waals surface area contributed by atoms with E-state index in [9.17, 15) is 4.79 Å². The Hall–Kier alpha value is -1.07. The molecular formula is C17H26N2O2S. The molecule has 122 valence electrons. The number of carbonyl (C=O) groups is 1. The lowest BCUT2D eigenvalue weighted by Crippen LogP contribution is -2.47. The molecule has 0 aromatic carbocycles. The van der Waals surface area contributed by atoms with Gasteiger partial charge in [-0.05, 0) is 63.5 Å². The van der Waals surface area contributed by atoms with Gasteiger partial charge in [0.25, 0.3) is 0 Å². The first kappa shape index (κ1) is 15.8. The minimum atomic E-state index is -0.426. The fraction of sp³-hybridized carbons (Fsp3) is 0.706. The molecule has 1 spiro atoms. The fourth-order valence-corrected chi connectivity index (χ4v) is 4.54. The fourth-order valence-electron chi connectivity index (χ4n) is 3.56. The van der Waals surface area contributed by atoms with Crippen molar-refractivity contribution in [3.63, 3.8) is 0 Å². The van der Waals surface area contributed by atoms with E-state index in [1.807, 2.05) is 37.0 Å². The van der Waals surface area contributed by atoms with Crippen molar-refractivity contribution in [1.82, 2.24) is 10.2 Å². The third-order valence-corrected chi connectivity index (χ3v) is 5.55. The molecule has 2 aliphatic rings. The van der Waals surface area contributed by atoms with Gasteiger partial charge >= 0.3 is 6.09 Å². The summed E-state index contributed by atoms with van der Waals surface area (Å²) in [5.74, 6) is 0. The van der Waals surface area contributed by atoms with Crippen molar-refractivity contribution >= 4 is 17.4 Å². The minimum absolute atomic E-state index is 0.0599. The first-order chi connectivity index (χ1) is 10.4. The van der Waals surface area contributed by atoms with Gasteiger partial charge in [-0.1, -0.05) is 0 Å². The van der Waals surface area contributed by atoms with Crippen LogP contribution in [0.5, 0.6) is 0 Å². The van der Waals surface area contributed by atoms with E-state index >= 15 is 0 Å². The van der Waals surface area contributed by atoms with Crippen LogP contribution in [0, 0.1) is 0 Å². The molecule has 1 amide bonds. The molecule has 1 N–H and O–H groups in total. The molecular weight excluding hydrogens is 296 g/mol. The third kappa shape index (κ3) is 3.15. The van der Waals surface area contributed by atoms with Crippen molar-refractivity contribution < 1.29 is 9.53 Å². The maximum atomic E-state index is 12.3. The molecule has 1 saturated heterocycles. The standard InChI is InChI=1S/C17H26N2O2S/c1-16(2,3)21-15(20)19-10-4-7-17(8-11-19)13-6-12-22-14(13)5-9-18-17/h6,12,18H,4-5,7-11H2,1-3H3. The maximum Gasteiger partial charge on any atom is 0.410 e. The van der Waals surface area contributed by atoms with Crippen molar-refractivity contribution in [2.75, 3.05) is 19.6 Å². The third-order valence-electron chi connectivity index (χ3n) is 4.57. The number of nitrogens with one attached hydrogen (secondary N) is 1. The number of fused-ring (bicyclic) bond motifs is 2. The molecule has 5 heteroatoms. The second kappa shape index (κ2) is 5.85. The van der Waals surface area contributed by atoms with Crippen molar-refractivity contribution in [1.29, 1.82) is 0 Å². The molecule has 1 fully saturated rings. The van der Waals surface area contributed by atoms with Gasteiger partial charge in [0.05, 0.1) is 0 Å². The van der Waals surface area contributed by atoms with E-state index in [4.69, 9.17) is 4.74 Å². The zero-order valence-electron chi connectivity index (χ0n) is 13.8. The van der Waals surface area contributed by atoms with E-state index in [0.29, 0.717) is 0 Å². The Morgan fingerprint density at radius 3 is 2.95 bits per heavy atom. The summed E-state index contributed by atoms with van der Waals surface area (Å²) in [5.41, 5.74) is 1.10. The Balaban J connectivity index is 1.72. The summed E-state index contributed by atoms with van der Waals surface area (Å²) >= 11 is 1.87. The van der Waals surface area contributed by atoms with E-state index in [2.05, 4.69) is 16.8 Å². The Kier molecular flexibility index (Phi) is 4.21. The van der Waals surface area contributed by atoms with Gasteiger partial charge in [0.1, 0.15) is 5.60 Å². The average Bonchev–Trinajstić information content (AvgIpc) is 2.81. The van der Waals surface area contributed by atoms with Crippen LogP contribution in [0.15, 0.2) is 11.4 Å². The number of carbonyl (C=O) groups excluding carboxylic acids is 1. The molecule has 0 radical (unpaired) electrons. The first-order valence-corrected chi connectivity index (χ1v) is 9.07. The van der Waals surface area contributed by atoms with Gasteiger partial charge in [-0.3, -0.25) is 0 Å². The zero-order chi connectivity index (χ0) is 15.8. The summed E-state index contributed by atoms with van der Waals surface area (Å²) in [6.45, 7) is 8.36. The molecule has 3 heterocycles. The number of ether oxygens (including phenoxy) is 1. The minimum Gasteiger partial charge on any atom is -0.444 e. The van der Waals surface area contributed by atoms with Crippen LogP contribution in [0.3, 0.4) is 0 Å². The lowest BCUT2D eigenvalue weighted by Gasteiger charge is -2.38. The predicted octanol–water partition coefficient (Wildman–Crippen LogP) is 3.51. The molecule has 22 heavy (non-hydrogen) atoms. The van der Waals surface area contributed by atoms with Crippen LogP contribution in [-0.4, -0.2) is 36.2 Å². The SMILES string of the molecule is CC(C)(C)OC(=O)N1CCCC2(CC1)NCCc1sccc12. The highest BCUT2D eigenvalue weighted by Crippen LogP contribution is 2.39. The van der Waals surface area contributed by atoms with E-state index in [0.717, 1.165) is 45.3 Å². The van der Waals surface area contributed by atoms with Gasteiger partial charge in [-0.15, -0.1) is 11.3 Å². The molecule has 1 aromatic rings. The number of thiophene rings is 1. The lowest BCUT2D eigenvalue weighted by molar-refractivity contribution is 0.0253. The van der Waals surface area contributed by atoms with Gasteiger partial charge in [0.15, 0.2) is 0 Å². The van der Waals surface area contributed by atoms with E-state index < -0.39 is 5.60 Å². The molecule has 1 atom stereocenters. The second-order valence-electron chi connectivity index (χ2n) is 7.34. The Morgan fingerprint density at radius 1 is 1.36 bits per heavy atom. The Morgan fingerprint density at radius 2 is 2.18 bits per heavy atom. The molecule has 2 aliphatic heterocycles. The Bertz CT molecular complexity index is 549. The summed E-state index contributed by atoms with van der Waals surface area (Å²) in [5, 5.41) is 5.96. The first-order valence-electron chi connectivity index (χ1n) is 8.19. The zero-order valence-corrected chi connectivity index (χ0v) is 14.6. The molecule has 0 aliphatic carbocycles.